The molecule has 2 N–H and O–H groups in total. The van der Waals surface area contributed by atoms with Crippen LogP contribution in [0.15, 0.2) is 18.2 Å². The topological polar surface area (TPSA) is 150 Å². The van der Waals surface area contributed by atoms with Gasteiger partial charge >= 0.3 is 24.2 Å². The van der Waals surface area contributed by atoms with Crippen molar-refractivity contribution in [1.29, 1.82) is 0 Å². The molecule has 0 aliphatic carbocycles. The van der Waals surface area contributed by atoms with E-state index in [1.165, 1.54) is 12.1 Å². The largest absolute Gasteiger partial charge is 0.514 e. The summed E-state index contributed by atoms with van der Waals surface area (Å²) in [6.45, 7) is 17.9. The smallest absolute Gasteiger partial charge is 0.462 e. The summed E-state index contributed by atoms with van der Waals surface area (Å²) in [6, 6.07) is 3.30. The van der Waals surface area contributed by atoms with E-state index >= 15 is 0 Å². The van der Waals surface area contributed by atoms with Crippen LogP contribution in [-0.4, -0.2) is 54.2 Å². The first-order chi connectivity index (χ1) is 18.8. The van der Waals surface area contributed by atoms with Gasteiger partial charge in [0.25, 0.3) is 0 Å². The molecule has 0 aromatic heterocycles. The van der Waals surface area contributed by atoms with Crippen LogP contribution in [0.2, 0.25) is 0 Å². The maximum atomic E-state index is 12.6. The van der Waals surface area contributed by atoms with Crippen molar-refractivity contribution < 1.29 is 47.6 Å². The zero-order valence-corrected chi connectivity index (χ0v) is 26.1. The Morgan fingerprint density at radius 2 is 1.34 bits per heavy atom. The summed E-state index contributed by atoms with van der Waals surface area (Å²) in [5, 5.41) is 0. The maximum Gasteiger partial charge on any atom is 0.514 e. The van der Waals surface area contributed by atoms with Crippen LogP contribution in [-0.2, 0) is 35.0 Å². The number of carbonyl (C=O) groups excluding carboxylic acids is 4. The Morgan fingerprint density at radius 3 is 1.83 bits per heavy atom. The van der Waals surface area contributed by atoms with E-state index < -0.39 is 41.6 Å². The number of ether oxygens (including phenoxy) is 6. The Labute approximate surface area is 243 Å². The SMILES string of the molecule is CCC(C)(C)OC(=O)Oc1ccc(C[C@H](N)C(=O)O[C@@H](C)COC(=O)CC(C)(C)C)cc1OC(=O)OC(C)(C)CC. The molecule has 1 rings (SSSR count). The monoisotopic (exact) mass is 581 g/mol. The van der Waals surface area contributed by atoms with Crippen molar-refractivity contribution in [3.8, 4) is 11.5 Å². The Balaban J connectivity index is 2.98. The molecule has 1 aromatic rings. The molecule has 0 aliphatic rings. The van der Waals surface area contributed by atoms with Gasteiger partial charge in [0, 0.05) is 0 Å². The second-order valence-corrected chi connectivity index (χ2v) is 12.4. The van der Waals surface area contributed by atoms with Crippen molar-refractivity contribution in [3.05, 3.63) is 23.8 Å². The van der Waals surface area contributed by atoms with Crippen molar-refractivity contribution in [3.63, 3.8) is 0 Å². The van der Waals surface area contributed by atoms with E-state index in [-0.39, 0.29) is 42.3 Å². The minimum Gasteiger partial charge on any atom is -0.462 e. The first-order valence-corrected chi connectivity index (χ1v) is 13.8. The van der Waals surface area contributed by atoms with Crippen molar-refractivity contribution in [1.82, 2.24) is 0 Å². The third-order valence-corrected chi connectivity index (χ3v) is 6.05. The third-order valence-electron chi connectivity index (χ3n) is 6.05. The maximum absolute atomic E-state index is 12.6. The minimum absolute atomic E-state index is 0.00875. The minimum atomic E-state index is -1.08. The number of carbonyl (C=O) groups is 4. The molecule has 232 valence electrons. The van der Waals surface area contributed by atoms with Gasteiger partial charge in [-0.3, -0.25) is 9.59 Å². The molecule has 11 heteroatoms. The van der Waals surface area contributed by atoms with E-state index in [2.05, 4.69) is 0 Å². The molecule has 11 nitrogen and oxygen atoms in total. The lowest BCUT2D eigenvalue weighted by molar-refractivity contribution is -0.159. The molecule has 0 heterocycles. The standard InChI is InChI=1S/C30H47NO10/c1-11-29(7,8)40-26(34)38-22-14-13-20(16-23(22)39-27(35)41-30(9,10)12-2)15-21(31)25(33)37-19(3)18-36-24(32)17-28(4,5)6/h13-14,16,19,21H,11-12,15,17-18,31H2,1-10H3/t19-,21-/m0/s1. The molecule has 41 heavy (non-hydrogen) atoms. The first-order valence-electron chi connectivity index (χ1n) is 13.8. The third kappa shape index (κ3) is 14.2. The van der Waals surface area contributed by atoms with Crippen molar-refractivity contribution >= 4 is 24.2 Å². The van der Waals surface area contributed by atoms with Gasteiger partial charge in [0.2, 0.25) is 0 Å². The predicted octanol–water partition coefficient (Wildman–Crippen LogP) is 5.88. The molecule has 0 spiro atoms. The van der Waals surface area contributed by atoms with Crippen LogP contribution in [0.5, 0.6) is 11.5 Å². The van der Waals surface area contributed by atoms with Gasteiger partial charge in [0.1, 0.15) is 30.0 Å². The Kier molecular flexibility index (Phi) is 13.1. The van der Waals surface area contributed by atoms with Crippen LogP contribution < -0.4 is 15.2 Å². The van der Waals surface area contributed by atoms with Gasteiger partial charge < -0.3 is 34.2 Å². The van der Waals surface area contributed by atoms with Gasteiger partial charge in [-0.2, -0.15) is 0 Å². The van der Waals surface area contributed by atoms with Gasteiger partial charge in [-0.05, 0) is 77.0 Å². The number of esters is 2. The van der Waals surface area contributed by atoms with Gasteiger partial charge in [0.15, 0.2) is 11.5 Å². The van der Waals surface area contributed by atoms with Crippen LogP contribution in [0.3, 0.4) is 0 Å². The fraction of sp³-hybridized carbons (Fsp3) is 0.667. The Hall–Kier alpha value is -3.34. The first kappa shape index (κ1) is 35.7. The van der Waals surface area contributed by atoms with Gasteiger partial charge in [-0.1, -0.05) is 40.7 Å². The van der Waals surface area contributed by atoms with Crippen LogP contribution >= 0.6 is 0 Å². The second-order valence-electron chi connectivity index (χ2n) is 12.4. The average Bonchev–Trinajstić information content (AvgIpc) is 2.82. The van der Waals surface area contributed by atoms with Crippen molar-refractivity contribution in [2.24, 2.45) is 11.1 Å². The van der Waals surface area contributed by atoms with E-state index in [1.54, 1.807) is 40.7 Å². The van der Waals surface area contributed by atoms with Crippen LogP contribution in [0.25, 0.3) is 0 Å². The second kappa shape index (κ2) is 15.0. The molecule has 0 aliphatic heterocycles. The summed E-state index contributed by atoms with van der Waals surface area (Å²) >= 11 is 0. The number of benzene rings is 1. The Morgan fingerprint density at radius 1 is 0.829 bits per heavy atom. The number of hydrogen-bond donors (Lipinski definition) is 1. The Bertz CT molecular complexity index is 1060. The molecule has 0 radical (unpaired) electrons. The summed E-state index contributed by atoms with van der Waals surface area (Å²) < 4.78 is 31.9. The fourth-order valence-corrected chi connectivity index (χ4v) is 3.01. The van der Waals surface area contributed by atoms with Crippen molar-refractivity contribution in [2.75, 3.05) is 6.61 Å². The highest BCUT2D eigenvalue weighted by atomic mass is 16.8. The van der Waals surface area contributed by atoms with Gasteiger partial charge in [0.05, 0.1) is 6.42 Å². The van der Waals surface area contributed by atoms with E-state index in [9.17, 15) is 19.2 Å². The highest BCUT2D eigenvalue weighted by Crippen LogP contribution is 2.31. The molecule has 2 atom stereocenters. The number of nitrogens with two attached hydrogens (primary N) is 1. The van der Waals surface area contributed by atoms with E-state index in [4.69, 9.17) is 34.2 Å². The molecule has 1 aromatic carbocycles. The summed E-state index contributed by atoms with van der Waals surface area (Å²) in [4.78, 5) is 49.4. The molecule has 0 unspecified atom stereocenters. The van der Waals surface area contributed by atoms with E-state index in [0.29, 0.717) is 18.4 Å². The molecule has 0 saturated carbocycles. The van der Waals surface area contributed by atoms with E-state index in [1.807, 2.05) is 34.6 Å². The normalized spacial score (nSPS) is 13.4. The fourth-order valence-electron chi connectivity index (χ4n) is 3.01. The average molecular weight is 582 g/mol. The lowest BCUT2D eigenvalue weighted by Gasteiger charge is -2.24. The molecule has 0 saturated heterocycles. The molecule has 0 amide bonds. The summed E-state index contributed by atoms with van der Waals surface area (Å²) in [5.41, 5.74) is 4.79. The summed E-state index contributed by atoms with van der Waals surface area (Å²) in [5.74, 6) is -1.30. The van der Waals surface area contributed by atoms with Gasteiger partial charge in [-0.25, -0.2) is 9.59 Å². The zero-order chi connectivity index (χ0) is 31.6. The van der Waals surface area contributed by atoms with Gasteiger partial charge in [-0.15, -0.1) is 0 Å². The molecule has 0 fully saturated rings. The lowest BCUT2D eigenvalue weighted by atomic mass is 9.92. The molecule has 0 bridgehead atoms. The van der Waals surface area contributed by atoms with Crippen LogP contribution in [0, 0.1) is 5.41 Å². The number of rotatable bonds is 13. The van der Waals surface area contributed by atoms with Crippen LogP contribution in [0.4, 0.5) is 9.59 Å². The summed E-state index contributed by atoms with van der Waals surface area (Å²) in [7, 11) is 0. The highest BCUT2D eigenvalue weighted by molar-refractivity contribution is 5.76. The summed E-state index contributed by atoms with van der Waals surface area (Å²) in [6.07, 6.45) is -1.36. The predicted molar refractivity (Wildman–Crippen MR) is 152 cm³/mol. The molecular formula is C30H47NO10. The zero-order valence-electron chi connectivity index (χ0n) is 26.1. The number of hydrogen-bond acceptors (Lipinski definition) is 11. The molecular weight excluding hydrogens is 534 g/mol. The quantitative estimate of drug-likeness (QED) is 0.169. The van der Waals surface area contributed by atoms with Crippen molar-refractivity contribution in [2.45, 2.75) is 118 Å². The highest BCUT2D eigenvalue weighted by Gasteiger charge is 2.27. The lowest BCUT2D eigenvalue weighted by Crippen LogP contribution is -2.37. The van der Waals surface area contributed by atoms with E-state index in [0.717, 1.165) is 0 Å². The van der Waals surface area contributed by atoms with Crippen LogP contribution in [0.1, 0.15) is 94.1 Å².